The summed E-state index contributed by atoms with van der Waals surface area (Å²) in [7, 11) is 0. The molecular weight excluding hydrogens is 608 g/mol. The van der Waals surface area contributed by atoms with Gasteiger partial charge in [0.1, 0.15) is 36.2 Å². The number of carbonyl (C=O) groups excluding carboxylic acids is 2. The summed E-state index contributed by atoms with van der Waals surface area (Å²) in [5, 5.41) is 16.8. The van der Waals surface area contributed by atoms with Crippen LogP contribution in [0.4, 0.5) is 22.7 Å². The topological polar surface area (TPSA) is 121 Å². The van der Waals surface area contributed by atoms with Gasteiger partial charge >= 0.3 is 11.9 Å². The number of nitrogens with zero attached hydrogens (tertiary/aromatic N) is 4. The van der Waals surface area contributed by atoms with E-state index in [9.17, 15) is 9.59 Å². The Morgan fingerprint density at radius 2 is 0.812 bits per heavy atom. The van der Waals surface area contributed by atoms with Crippen LogP contribution < -0.4 is 18.9 Å². The SMILES string of the molecule is C=CCOc1ccc(N=Nc2ccc(C(=O)Oc3cccc(OC(=O)c4ccc(N=Nc5ccc(OCC=C)cc5)cc4)c3)cc2)cc1. The van der Waals surface area contributed by atoms with E-state index in [2.05, 4.69) is 33.6 Å². The fraction of sp³-hybridized carbons (Fsp3) is 0.0526. The molecule has 0 aromatic heterocycles. The normalized spacial score (nSPS) is 10.8. The Bertz CT molecular complexity index is 1780. The molecule has 48 heavy (non-hydrogen) atoms. The van der Waals surface area contributed by atoms with E-state index in [4.69, 9.17) is 18.9 Å². The van der Waals surface area contributed by atoms with E-state index in [0.717, 1.165) is 0 Å². The summed E-state index contributed by atoms with van der Waals surface area (Å²) in [6, 6.07) is 33.6. The van der Waals surface area contributed by atoms with Crippen molar-refractivity contribution in [1.29, 1.82) is 0 Å². The molecule has 0 N–H and O–H groups in total. The Kier molecular flexibility index (Phi) is 11.3. The predicted molar refractivity (Wildman–Crippen MR) is 182 cm³/mol. The molecule has 10 heteroatoms. The largest absolute Gasteiger partial charge is 0.490 e. The number of rotatable bonds is 14. The molecule has 10 nitrogen and oxygen atoms in total. The van der Waals surface area contributed by atoms with Gasteiger partial charge in [-0.3, -0.25) is 0 Å². The van der Waals surface area contributed by atoms with Crippen LogP contribution in [-0.2, 0) is 0 Å². The molecule has 0 amide bonds. The van der Waals surface area contributed by atoms with Crippen LogP contribution in [0.3, 0.4) is 0 Å². The summed E-state index contributed by atoms with van der Waals surface area (Å²) >= 11 is 0. The van der Waals surface area contributed by atoms with Crippen LogP contribution in [-0.4, -0.2) is 25.2 Å². The zero-order valence-corrected chi connectivity index (χ0v) is 25.8. The van der Waals surface area contributed by atoms with Gasteiger partial charge in [0.2, 0.25) is 0 Å². The molecule has 0 saturated carbocycles. The van der Waals surface area contributed by atoms with E-state index in [-0.39, 0.29) is 11.5 Å². The monoisotopic (exact) mass is 638 g/mol. The van der Waals surface area contributed by atoms with Gasteiger partial charge in [0, 0.05) is 6.07 Å². The third-order valence-corrected chi connectivity index (χ3v) is 6.40. The van der Waals surface area contributed by atoms with Gasteiger partial charge in [-0.05, 0) is 109 Å². The molecule has 238 valence electrons. The molecule has 0 fully saturated rings. The van der Waals surface area contributed by atoms with Gasteiger partial charge in [0.05, 0.1) is 33.9 Å². The first kappa shape index (κ1) is 32.7. The van der Waals surface area contributed by atoms with Crippen molar-refractivity contribution < 1.29 is 28.5 Å². The van der Waals surface area contributed by atoms with Gasteiger partial charge in [0.15, 0.2) is 0 Å². The van der Waals surface area contributed by atoms with Gasteiger partial charge in [0.25, 0.3) is 0 Å². The van der Waals surface area contributed by atoms with Crippen LogP contribution in [0, 0.1) is 0 Å². The first-order valence-electron chi connectivity index (χ1n) is 14.7. The van der Waals surface area contributed by atoms with Crippen molar-refractivity contribution in [3.05, 3.63) is 158 Å². The average Bonchev–Trinajstić information content (AvgIpc) is 3.12. The van der Waals surface area contributed by atoms with Crippen molar-refractivity contribution in [1.82, 2.24) is 0 Å². The Morgan fingerprint density at radius 1 is 0.479 bits per heavy atom. The number of carbonyl (C=O) groups is 2. The van der Waals surface area contributed by atoms with Crippen molar-refractivity contribution in [3.8, 4) is 23.0 Å². The molecule has 5 aromatic carbocycles. The molecule has 0 radical (unpaired) electrons. The number of hydrogen-bond donors (Lipinski definition) is 0. The molecule has 0 spiro atoms. The van der Waals surface area contributed by atoms with Crippen molar-refractivity contribution >= 4 is 34.7 Å². The first-order chi connectivity index (χ1) is 23.5. The Hall–Kier alpha value is -6.68. The van der Waals surface area contributed by atoms with E-state index in [0.29, 0.717) is 58.6 Å². The number of benzene rings is 5. The van der Waals surface area contributed by atoms with Crippen molar-refractivity contribution in [3.63, 3.8) is 0 Å². The van der Waals surface area contributed by atoms with Crippen molar-refractivity contribution in [2.24, 2.45) is 20.5 Å². The van der Waals surface area contributed by atoms with Crippen LogP contribution >= 0.6 is 0 Å². The second-order valence-electron chi connectivity index (χ2n) is 9.93. The highest BCUT2D eigenvalue weighted by Crippen LogP contribution is 2.25. The zero-order chi connectivity index (χ0) is 33.6. The standard InChI is InChI=1S/C38H30N4O6/c1-3-24-45-33-20-16-31(17-21-33)41-39-29-12-8-27(9-13-29)37(43)47-35-6-5-7-36(26-35)48-38(44)28-10-14-30(15-11-28)40-42-32-18-22-34(23-19-32)46-25-4-2/h3-23,26H,1-2,24-25H2. The third-order valence-electron chi connectivity index (χ3n) is 6.40. The minimum Gasteiger partial charge on any atom is -0.490 e. The molecule has 0 aliphatic rings. The zero-order valence-electron chi connectivity index (χ0n) is 25.8. The van der Waals surface area contributed by atoms with Crippen LogP contribution in [0.5, 0.6) is 23.0 Å². The van der Waals surface area contributed by atoms with E-state index >= 15 is 0 Å². The van der Waals surface area contributed by atoms with E-state index < -0.39 is 11.9 Å². The quantitative estimate of drug-likeness (QED) is 0.0516. The van der Waals surface area contributed by atoms with Gasteiger partial charge in [-0.15, -0.1) is 0 Å². The van der Waals surface area contributed by atoms with Crippen LogP contribution in [0.1, 0.15) is 20.7 Å². The maximum atomic E-state index is 12.8. The van der Waals surface area contributed by atoms with Gasteiger partial charge in [-0.25, -0.2) is 9.59 Å². The molecule has 0 aliphatic heterocycles. The molecule has 0 atom stereocenters. The fourth-order valence-corrected chi connectivity index (χ4v) is 4.02. The van der Waals surface area contributed by atoms with Crippen LogP contribution in [0.2, 0.25) is 0 Å². The molecule has 0 aliphatic carbocycles. The predicted octanol–water partition coefficient (Wildman–Crippen LogP) is 10.1. The Balaban J connectivity index is 1.12. The summed E-state index contributed by atoms with van der Waals surface area (Å²) in [6.45, 7) is 8.09. The van der Waals surface area contributed by atoms with Gasteiger partial charge in [-0.1, -0.05) is 31.4 Å². The number of ether oxygens (including phenoxy) is 4. The lowest BCUT2D eigenvalue weighted by molar-refractivity contribution is 0.0733. The lowest BCUT2D eigenvalue weighted by Crippen LogP contribution is -2.10. The summed E-state index contributed by atoms with van der Waals surface area (Å²) in [4.78, 5) is 25.5. The highest BCUT2D eigenvalue weighted by Gasteiger charge is 2.12. The van der Waals surface area contributed by atoms with Crippen molar-refractivity contribution in [2.75, 3.05) is 13.2 Å². The summed E-state index contributed by atoms with van der Waals surface area (Å²) in [6.07, 6.45) is 3.34. The fourth-order valence-electron chi connectivity index (χ4n) is 4.02. The molecule has 0 saturated heterocycles. The number of esters is 2. The maximum Gasteiger partial charge on any atom is 0.343 e. The maximum absolute atomic E-state index is 12.8. The minimum absolute atomic E-state index is 0.214. The number of azo groups is 2. The first-order valence-corrected chi connectivity index (χ1v) is 14.7. The summed E-state index contributed by atoms with van der Waals surface area (Å²) in [5.74, 6) is 0.675. The second-order valence-corrected chi connectivity index (χ2v) is 9.93. The molecule has 0 unspecified atom stereocenters. The highest BCUT2D eigenvalue weighted by atomic mass is 16.5. The smallest absolute Gasteiger partial charge is 0.343 e. The lowest BCUT2D eigenvalue weighted by atomic mass is 10.2. The molecule has 5 rings (SSSR count). The van der Waals surface area contributed by atoms with Crippen molar-refractivity contribution in [2.45, 2.75) is 0 Å². The Morgan fingerprint density at radius 3 is 1.15 bits per heavy atom. The average molecular weight is 639 g/mol. The van der Waals surface area contributed by atoms with Gasteiger partial charge in [-0.2, -0.15) is 20.5 Å². The molecular formula is C38H30N4O6. The van der Waals surface area contributed by atoms with E-state index in [1.165, 1.54) is 6.07 Å². The van der Waals surface area contributed by atoms with Crippen LogP contribution in [0.25, 0.3) is 0 Å². The Labute approximate surface area is 277 Å². The molecule has 0 bridgehead atoms. The van der Waals surface area contributed by atoms with E-state index in [1.54, 1.807) is 127 Å². The lowest BCUT2D eigenvalue weighted by Gasteiger charge is -2.08. The molecule has 0 heterocycles. The van der Waals surface area contributed by atoms with Gasteiger partial charge < -0.3 is 18.9 Å². The number of hydrogen-bond acceptors (Lipinski definition) is 10. The highest BCUT2D eigenvalue weighted by molar-refractivity contribution is 5.92. The third kappa shape index (κ3) is 9.66. The summed E-state index contributed by atoms with van der Waals surface area (Å²) in [5.41, 5.74) is 3.04. The molecule has 5 aromatic rings. The summed E-state index contributed by atoms with van der Waals surface area (Å²) < 4.78 is 21.9. The second kappa shape index (κ2) is 16.6. The minimum atomic E-state index is -0.584. The van der Waals surface area contributed by atoms with E-state index in [1.807, 2.05) is 0 Å². The van der Waals surface area contributed by atoms with Crippen LogP contribution in [0.15, 0.2) is 167 Å².